The largest absolute Gasteiger partial charge is 0.497 e. The number of nitrogens with one attached hydrogen (secondary N) is 2. The van der Waals surface area contributed by atoms with Crippen molar-refractivity contribution >= 4 is 16.9 Å². The van der Waals surface area contributed by atoms with Crippen LogP contribution in [0.1, 0.15) is 18.4 Å². The third-order valence-corrected chi connectivity index (χ3v) is 3.92. The number of hydrogen-bond donors (Lipinski definition) is 2. The molecule has 0 aliphatic carbocycles. The zero-order valence-corrected chi connectivity index (χ0v) is 12.1. The minimum absolute atomic E-state index is 0.0559. The number of methoxy groups -OCH3 is 1. The Morgan fingerprint density at radius 1 is 1.43 bits per heavy atom. The van der Waals surface area contributed by atoms with Crippen molar-refractivity contribution < 1.29 is 13.9 Å². The lowest BCUT2D eigenvalue weighted by atomic mass is 10.1. The quantitative estimate of drug-likeness (QED) is 0.901. The summed E-state index contributed by atoms with van der Waals surface area (Å²) in [6.45, 7) is 1.94. The zero-order valence-electron chi connectivity index (χ0n) is 12.1. The van der Waals surface area contributed by atoms with Crippen LogP contribution in [0.3, 0.4) is 0 Å². The maximum absolute atomic E-state index is 12.1. The Balaban J connectivity index is 1.68. The van der Waals surface area contributed by atoms with Crippen LogP contribution in [0.2, 0.25) is 0 Å². The van der Waals surface area contributed by atoms with Gasteiger partial charge in [0.2, 0.25) is 5.91 Å². The van der Waals surface area contributed by atoms with Gasteiger partial charge in [-0.2, -0.15) is 0 Å². The van der Waals surface area contributed by atoms with E-state index in [-0.39, 0.29) is 11.9 Å². The normalized spacial score (nSPS) is 16.0. The molecule has 1 saturated heterocycles. The van der Waals surface area contributed by atoms with Gasteiger partial charge >= 0.3 is 0 Å². The molecule has 0 radical (unpaired) electrons. The number of carbonyl (C=O) groups excluding carboxylic acids is 1. The highest BCUT2D eigenvalue weighted by atomic mass is 16.5. The Morgan fingerprint density at radius 2 is 2.24 bits per heavy atom. The number of piperidine rings is 1. The van der Waals surface area contributed by atoms with Crippen molar-refractivity contribution in [1.29, 1.82) is 0 Å². The minimum Gasteiger partial charge on any atom is -0.497 e. The standard InChI is InChI=1S/C16H20N2O3/c1-20-13-2-3-14-11(10-21-15(14)9-13)8-16(19)18-12-4-6-17-7-5-12/h2-3,9-10,12,17H,4-8H2,1H3,(H,18,19). The molecule has 3 rings (SSSR count). The van der Waals surface area contributed by atoms with Crippen LogP contribution < -0.4 is 15.4 Å². The van der Waals surface area contributed by atoms with Crippen molar-refractivity contribution in [3.8, 4) is 5.75 Å². The smallest absolute Gasteiger partial charge is 0.224 e. The average Bonchev–Trinajstić information content (AvgIpc) is 2.90. The van der Waals surface area contributed by atoms with Gasteiger partial charge in [-0.05, 0) is 38.1 Å². The van der Waals surface area contributed by atoms with Gasteiger partial charge in [-0.1, -0.05) is 0 Å². The van der Waals surface area contributed by atoms with Gasteiger partial charge in [0.05, 0.1) is 19.8 Å². The van der Waals surface area contributed by atoms with Crippen molar-refractivity contribution in [2.75, 3.05) is 20.2 Å². The van der Waals surface area contributed by atoms with Gasteiger partial charge in [0.1, 0.15) is 11.3 Å². The number of rotatable bonds is 4. The molecular weight excluding hydrogens is 268 g/mol. The van der Waals surface area contributed by atoms with E-state index in [1.165, 1.54) is 0 Å². The average molecular weight is 288 g/mol. The Labute approximate surface area is 123 Å². The molecule has 2 N–H and O–H groups in total. The summed E-state index contributed by atoms with van der Waals surface area (Å²) in [5, 5.41) is 7.36. The summed E-state index contributed by atoms with van der Waals surface area (Å²) in [6.07, 6.45) is 4.00. The predicted octanol–water partition coefficient (Wildman–Crippen LogP) is 1.85. The van der Waals surface area contributed by atoms with Gasteiger partial charge in [-0.3, -0.25) is 4.79 Å². The summed E-state index contributed by atoms with van der Waals surface area (Å²) in [5.74, 6) is 0.808. The molecule has 0 saturated carbocycles. The predicted molar refractivity (Wildman–Crippen MR) is 80.5 cm³/mol. The van der Waals surface area contributed by atoms with Crippen molar-refractivity contribution in [2.45, 2.75) is 25.3 Å². The third kappa shape index (κ3) is 3.19. The number of furan rings is 1. The van der Waals surface area contributed by atoms with Crippen LogP contribution in [0.25, 0.3) is 11.0 Å². The molecule has 5 heteroatoms. The maximum atomic E-state index is 12.1. The summed E-state index contributed by atoms with van der Waals surface area (Å²) in [5.41, 5.74) is 1.66. The van der Waals surface area contributed by atoms with Crippen molar-refractivity contribution in [1.82, 2.24) is 10.6 Å². The van der Waals surface area contributed by atoms with Gasteiger partial charge < -0.3 is 19.8 Å². The highest BCUT2D eigenvalue weighted by Crippen LogP contribution is 2.25. The summed E-state index contributed by atoms with van der Waals surface area (Å²) in [6, 6.07) is 5.94. The Morgan fingerprint density at radius 3 is 3.00 bits per heavy atom. The summed E-state index contributed by atoms with van der Waals surface area (Å²) < 4.78 is 10.7. The monoisotopic (exact) mass is 288 g/mol. The van der Waals surface area contributed by atoms with Crippen molar-refractivity contribution in [3.63, 3.8) is 0 Å². The second-order valence-electron chi connectivity index (χ2n) is 5.39. The molecule has 1 aromatic carbocycles. The first-order chi connectivity index (χ1) is 10.3. The van der Waals surface area contributed by atoms with Crippen LogP contribution in [-0.4, -0.2) is 32.1 Å². The minimum atomic E-state index is 0.0559. The molecule has 1 aliphatic rings. The van der Waals surface area contributed by atoms with Crippen LogP contribution >= 0.6 is 0 Å². The fraction of sp³-hybridized carbons (Fsp3) is 0.438. The molecule has 5 nitrogen and oxygen atoms in total. The molecule has 1 amide bonds. The van der Waals surface area contributed by atoms with E-state index in [4.69, 9.17) is 9.15 Å². The topological polar surface area (TPSA) is 63.5 Å². The van der Waals surface area contributed by atoms with Gasteiger partial charge in [0.25, 0.3) is 0 Å². The van der Waals surface area contributed by atoms with Crippen LogP contribution in [0.15, 0.2) is 28.9 Å². The number of ether oxygens (including phenoxy) is 1. The number of carbonyl (C=O) groups is 1. The third-order valence-electron chi connectivity index (χ3n) is 3.92. The molecule has 1 aromatic heterocycles. The number of hydrogen-bond acceptors (Lipinski definition) is 4. The molecule has 2 heterocycles. The molecule has 2 aromatic rings. The highest BCUT2D eigenvalue weighted by molar-refractivity contribution is 5.88. The second kappa shape index (κ2) is 6.18. The van der Waals surface area contributed by atoms with E-state index >= 15 is 0 Å². The summed E-state index contributed by atoms with van der Waals surface area (Å²) in [7, 11) is 1.62. The van der Waals surface area contributed by atoms with E-state index in [1.54, 1.807) is 13.4 Å². The second-order valence-corrected chi connectivity index (χ2v) is 5.39. The van der Waals surface area contributed by atoms with Crippen LogP contribution in [0.5, 0.6) is 5.75 Å². The lowest BCUT2D eigenvalue weighted by Gasteiger charge is -2.23. The number of benzene rings is 1. The van der Waals surface area contributed by atoms with Crippen LogP contribution in [0.4, 0.5) is 0 Å². The number of amides is 1. The summed E-state index contributed by atoms with van der Waals surface area (Å²) in [4.78, 5) is 12.1. The van der Waals surface area contributed by atoms with Gasteiger partial charge in [-0.25, -0.2) is 0 Å². The molecule has 0 atom stereocenters. The maximum Gasteiger partial charge on any atom is 0.224 e. The lowest BCUT2D eigenvalue weighted by Crippen LogP contribution is -2.43. The van der Waals surface area contributed by atoms with Gasteiger partial charge in [0.15, 0.2) is 0 Å². The molecular formula is C16H20N2O3. The zero-order chi connectivity index (χ0) is 14.7. The van der Waals surface area contributed by atoms with Gasteiger partial charge in [0, 0.05) is 23.1 Å². The molecule has 112 valence electrons. The SMILES string of the molecule is COc1ccc2c(CC(=O)NC3CCNCC3)coc2c1. The Hall–Kier alpha value is -2.01. The first kappa shape index (κ1) is 13.9. The van der Waals surface area contributed by atoms with Gasteiger partial charge in [-0.15, -0.1) is 0 Å². The molecule has 21 heavy (non-hydrogen) atoms. The molecule has 0 bridgehead atoms. The molecule has 1 aliphatic heterocycles. The van der Waals surface area contributed by atoms with E-state index in [0.717, 1.165) is 48.2 Å². The van der Waals surface area contributed by atoms with Crippen molar-refractivity contribution in [3.05, 3.63) is 30.0 Å². The Kier molecular flexibility index (Phi) is 4.10. The van der Waals surface area contributed by atoms with Crippen LogP contribution in [-0.2, 0) is 11.2 Å². The molecule has 1 fully saturated rings. The van der Waals surface area contributed by atoms with E-state index in [2.05, 4.69) is 10.6 Å². The first-order valence-electron chi connectivity index (χ1n) is 7.30. The molecule has 0 unspecified atom stereocenters. The summed E-state index contributed by atoms with van der Waals surface area (Å²) >= 11 is 0. The fourth-order valence-corrected chi connectivity index (χ4v) is 2.75. The van der Waals surface area contributed by atoms with E-state index < -0.39 is 0 Å². The van der Waals surface area contributed by atoms with Crippen LogP contribution in [0, 0.1) is 0 Å². The Bertz CT molecular complexity index is 629. The lowest BCUT2D eigenvalue weighted by molar-refractivity contribution is -0.121. The van der Waals surface area contributed by atoms with E-state index in [1.807, 2.05) is 18.2 Å². The first-order valence-corrected chi connectivity index (χ1v) is 7.30. The number of fused-ring (bicyclic) bond motifs is 1. The van der Waals surface area contributed by atoms with E-state index in [0.29, 0.717) is 6.42 Å². The van der Waals surface area contributed by atoms with E-state index in [9.17, 15) is 4.79 Å². The highest BCUT2D eigenvalue weighted by Gasteiger charge is 2.17. The fourth-order valence-electron chi connectivity index (χ4n) is 2.75. The van der Waals surface area contributed by atoms with Crippen molar-refractivity contribution in [2.24, 2.45) is 0 Å². The molecule has 0 spiro atoms.